The Hall–Kier alpha value is -3.35. The molecule has 2 aromatic rings. The van der Waals surface area contributed by atoms with Gasteiger partial charge in [0.15, 0.2) is 0 Å². The maximum Gasteiger partial charge on any atom is 0.407 e. The van der Waals surface area contributed by atoms with Crippen LogP contribution in [0.1, 0.15) is 55.6 Å². The van der Waals surface area contributed by atoms with Crippen molar-refractivity contribution in [3.8, 4) is 11.1 Å². The highest BCUT2D eigenvalue weighted by molar-refractivity contribution is 5.86. The third-order valence-corrected chi connectivity index (χ3v) is 7.04. The van der Waals surface area contributed by atoms with Gasteiger partial charge in [0.2, 0.25) is 5.91 Å². The number of carbonyl (C=O) groups excluding carboxylic acids is 2. The smallest absolute Gasteiger partial charge is 0.407 e. The molecular weight excluding hydrogens is 432 g/mol. The van der Waals surface area contributed by atoms with Gasteiger partial charge in [0.25, 0.3) is 0 Å². The van der Waals surface area contributed by atoms with Crippen molar-refractivity contribution in [1.29, 1.82) is 0 Å². The number of rotatable bonds is 10. The van der Waals surface area contributed by atoms with E-state index in [2.05, 4.69) is 29.6 Å². The molecule has 7 nitrogen and oxygen atoms in total. The lowest BCUT2D eigenvalue weighted by atomic mass is 9.98. The van der Waals surface area contributed by atoms with E-state index < -0.39 is 18.1 Å². The van der Waals surface area contributed by atoms with Gasteiger partial charge < -0.3 is 20.1 Å². The number of benzene rings is 2. The van der Waals surface area contributed by atoms with E-state index in [9.17, 15) is 14.4 Å². The Morgan fingerprint density at radius 3 is 2.15 bits per heavy atom. The van der Waals surface area contributed by atoms with E-state index in [1.165, 1.54) is 0 Å². The first kappa shape index (κ1) is 22.4. The highest BCUT2D eigenvalue weighted by atomic mass is 16.5. The number of alkyl carbamates (subject to hydrolysis) is 1. The van der Waals surface area contributed by atoms with E-state index in [4.69, 9.17) is 9.84 Å². The number of hydrogen-bond acceptors (Lipinski definition) is 4. The molecule has 0 aromatic heterocycles. The molecule has 2 aromatic carbocycles. The fraction of sp³-hybridized carbons (Fsp3) is 0.444. The van der Waals surface area contributed by atoms with Crippen LogP contribution in [0.2, 0.25) is 0 Å². The lowest BCUT2D eigenvalue weighted by molar-refractivity contribution is -0.139. The van der Waals surface area contributed by atoms with Crippen molar-refractivity contribution in [2.24, 2.45) is 5.92 Å². The topological polar surface area (TPSA) is 95.9 Å². The summed E-state index contributed by atoms with van der Waals surface area (Å²) < 4.78 is 5.66. The molecule has 0 heterocycles. The fourth-order valence-corrected chi connectivity index (χ4v) is 4.97. The number of nitrogens with one attached hydrogen (secondary N) is 1. The van der Waals surface area contributed by atoms with Gasteiger partial charge in [-0.05, 0) is 47.4 Å². The zero-order valence-corrected chi connectivity index (χ0v) is 19.1. The summed E-state index contributed by atoms with van der Waals surface area (Å²) in [6.45, 7) is 0.363. The van der Waals surface area contributed by atoms with Crippen molar-refractivity contribution in [1.82, 2.24) is 10.2 Å². The van der Waals surface area contributed by atoms with E-state index in [0.29, 0.717) is 12.3 Å². The molecule has 7 heteroatoms. The molecule has 3 aliphatic carbocycles. The van der Waals surface area contributed by atoms with Crippen LogP contribution in [0.25, 0.3) is 11.1 Å². The van der Waals surface area contributed by atoms with Gasteiger partial charge in [-0.1, -0.05) is 61.4 Å². The van der Waals surface area contributed by atoms with E-state index >= 15 is 0 Å². The summed E-state index contributed by atoms with van der Waals surface area (Å²) in [5.41, 5.74) is 4.59. The van der Waals surface area contributed by atoms with Gasteiger partial charge in [0.05, 0.1) is 6.42 Å². The molecule has 2 N–H and O–H groups in total. The van der Waals surface area contributed by atoms with Crippen LogP contribution in [0.3, 0.4) is 0 Å². The average Bonchev–Trinajstić information content (AvgIpc) is 3.76. The molecule has 0 radical (unpaired) electrons. The van der Waals surface area contributed by atoms with Crippen LogP contribution in [-0.4, -0.2) is 53.2 Å². The summed E-state index contributed by atoms with van der Waals surface area (Å²) in [5, 5.41) is 11.9. The van der Waals surface area contributed by atoms with Crippen molar-refractivity contribution in [2.75, 3.05) is 13.2 Å². The average molecular weight is 463 g/mol. The molecule has 0 unspecified atom stereocenters. The summed E-state index contributed by atoms with van der Waals surface area (Å²) in [6, 6.07) is 15.7. The van der Waals surface area contributed by atoms with E-state index in [0.717, 1.165) is 47.9 Å². The molecule has 0 bridgehead atoms. The van der Waals surface area contributed by atoms with E-state index in [-0.39, 0.29) is 37.4 Å². The van der Waals surface area contributed by atoms with Crippen molar-refractivity contribution < 1.29 is 24.2 Å². The lowest BCUT2D eigenvalue weighted by Gasteiger charge is -2.27. The van der Waals surface area contributed by atoms with Crippen LogP contribution in [0.15, 0.2) is 48.5 Å². The molecule has 0 aliphatic heterocycles. The van der Waals surface area contributed by atoms with Crippen LogP contribution < -0.4 is 5.32 Å². The number of hydrogen-bond donors (Lipinski definition) is 2. The van der Waals surface area contributed by atoms with Gasteiger partial charge in [-0.25, -0.2) is 4.79 Å². The molecule has 2 saturated carbocycles. The third kappa shape index (κ3) is 4.93. The monoisotopic (exact) mass is 462 g/mol. The number of nitrogens with zero attached hydrogens (tertiary/aromatic N) is 1. The SMILES string of the molecule is O=C(O)CCN(C(=O)[C@H](CC1CC1)NC(=O)OCC1c2ccccc2-c2ccccc21)C1CC1. The quantitative estimate of drug-likeness (QED) is 0.553. The second-order valence-electron chi connectivity index (χ2n) is 9.61. The van der Waals surface area contributed by atoms with Gasteiger partial charge >= 0.3 is 12.1 Å². The van der Waals surface area contributed by atoms with Crippen molar-refractivity contribution >= 4 is 18.0 Å². The van der Waals surface area contributed by atoms with Crippen molar-refractivity contribution in [2.45, 2.75) is 56.5 Å². The highest BCUT2D eigenvalue weighted by Crippen LogP contribution is 2.44. The minimum absolute atomic E-state index is 0.0470. The predicted molar refractivity (Wildman–Crippen MR) is 126 cm³/mol. The molecular formula is C27H30N2O5. The van der Waals surface area contributed by atoms with Crippen LogP contribution in [0.5, 0.6) is 0 Å². The zero-order valence-electron chi connectivity index (χ0n) is 19.1. The number of fused-ring (bicyclic) bond motifs is 3. The number of ether oxygens (including phenoxy) is 1. The summed E-state index contributed by atoms with van der Waals surface area (Å²) in [4.78, 5) is 38.8. The maximum atomic E-state index is 13.3. The maximum absolute atomic E-state index is 13.3. The van der Waals surface area contributed by atoms with Crippen molar-refractivity contribution in [3.63, 3.8) is 0 Å². The number of carbonyl (C=O) groups is 3. The molecule has 2 amide bonds. The Balaban J connectivity index is 1.25. The molecule has 3 aliphatic rings. The molecule has 0 saturated heterocycles. The second-order valence-corrected chi connectivity index (χ2v) is 9.61. The Morgan fingerprint density at radius 2 is 1.59 bits per heavy atom. The van der Waals surface area contributed by atoms with Gasteiger partial charge in [-0.3, -0.25) is 9.59 Å². The van der Waals surface area contributed by atoms with Crippen LogP contribution in [0, 0.1) is 5.92 Å². The van der Waals surface area contributed by atoms with Crippen molar-refractivity contribution in [3.05, 3.63) is 59.7 Å². The normalized spacial score (nSPS) is 17.4. The Labute approximate surface area is 199 Å². The number of carboxylic acid groups (broad SMARTS) is 1. The minimum Gasteiger partial charge on any atom is -0.481 e. The number of carboxylic acids is 1. The molecule has 0 spiro atoms. The molecule has 1 atom stereocenters. The van der Waals surface area contributed by atoms with E-state index in [1.54, 1.807) is 4.90 Å². The fourth-order valence-electron chi connectivity index (χ4n) is 4.97. The molecule has 5 rings (SSSR count). The minimum atomic E-state index is -0.929. The molecule has 34 heavy (non-hydrogen) atoms. The van der Waals surface area contributed by atoms with Gasteiger partial charge in [0, 0.05) is 18.5 Å². The zero-order chi connectivity index (χ0) is 23.7. The summed E-state index contributed by atoms with van der Waals surface area (Å²) in [6.07, 6.45) is 3.74. The summed E-state index contributed by atoms with van der Waals surface area (Å²) >= 11 is 0. The van der Waals surface area contributed by atoms with Crippen LogP contribution >= 0.6 is 0 Å². The highest BCUT2D eigenvalue weighted by Gasteiger charge is 2.39. The second kappa shape index (κ2) is 9.49. The lowest BCUT2D eigenvalue weighted by Crippen LogP contribution is -2.50. The number of amides is 2. The van der Waals surface area contributed by atoms with Gasteiger partial charge in [-0.15, -0.1) is 0 Å². The Bertz CT molecular complexity index is 1050. The Morgan fingerprint density at radius 1 is 0.971 bits per heavy atom. The van der Waals surface area contributed by atoms with Gasteiger partial charge in [-0.2, -0.15) is 0 Å². The first-order valence-corrected chi connectivity index (χ1v) is 12.1. The molecule has 2 fully saturated rings. The van der Waals surface area contributed by atoms with Gasteiger partial charge in [0.1, 0.15) is 12.6 Å². The summed E-state index contributed by atoms with van der Waals surface area (Å²) in [5.74, 6) is -0.747. The largest absolute Gasteiger partial charge is 0.481 e. The predicted octanol–water partition coefficient (Wildman–Crippen LogP) is 4.16. The van der Waals surface area contributed by atoms with Crippen LogP contribution in [-0.2, 0) is 14.3 Å². The summed E-state index contributed by atoms with van der Waals surface area (Å²) in [7, 11) is 0. The van der Waals surface area contributed by atoms with Crippen LogP contribution in [0.4, 0.5) is 4.79 Å². The first-order chi connectivity index (χ1) is 16.5. The standard InChI is InChI=1S/C27H30N2O5/c30-25(31)13-14-29(18-11-12-18)26(32)24(15-17-9-10-17)28-27(33)34-16-23-21-7-3-1-5-19(21)20-6-2-4-8-22(20)23/h1-8,17-18,23-24H,9-16H2,(H,28,33)(H,30,31)/t24-/m0/s1. The first-order valence-electron chi connectivity index (χ1n) is 12.1. The molecule has 178 valence electrons. The third-order valence-electron chi connectivity index (χ3n) is 7.04. The Kier molecular flexibility index (Phi) is 6.26. The number of aliphatic carboxylic acids is 1. The van der Waals surface area contributed by atoms with E-state index in [1.807, 2.05) is 24.3 Å².